The fourth-order valence-corrected chi connectivity index (χ4v) is 3.58. The van der Waals surface area contributed by atoms with E-state index in [9.17, 15) is 0 Å². The van der Waals surface area contributed by atoms with Crippen LogP contribution in [-0.2, 0) is 19.4 Å². The van der Waals surface area contributed by atoms with Crippen molar-refractivity contribution in [2.75, 3.05) is 13.2 Å². The van der Waals surface area contributed by atoms with Crippen LogP contribution in [0.15, 0.2) is 42.5 Å². The van der Waals surface area contributed by atoms with Gasteiger partial charge in [-0.2, -0.15) is 0 Å². The molecular formula is C19H21NO. The van der Waals surface area contributed by atoms with Crippen molar-refractivity contribution in [3.8, 4) is 5.75 Å². The molecule has 0 aromatic heterocycles. The average molecular weight is 279 g/mol. The molecule has 2 nitrogen and oxygen atoms in total. The maximum absolute atomic E-state index is 5.58. The molecule has 21 heavy (non-hydrogen) atoms. The Morgan fingerprint density at radius 2 is 2.05 bits per heavy atom. The number of ether oxygens (including phenoxy) is 1. The second kappa shape index (κ2) is 5.53. The summed E-state index contributed by atoms with van der Waals surface area (Å²) in [5.41, 5.74) is 5.84. The maximum Gasteiger partial charge on any atom is 0.122 e. The van der Waals surface area contributed by atoms with Crippen LogP contribution in [0, 0.1) is 0 Å². The first kappa shape index (κ1) is 12.9. The average Bonchev–Trinajstić information content (AvgIpc) is 3.00. The molecule has 0 fully saturated rings. The van der Waals surface area contributed by atoms with E-state index in [-0.39, 0.29) is 0 Å². The molecule has 108 valence electrons. The molecule has 2 aromatic carbocycles. The number of nitrogens with one attached hydrogen (secondary N) is 1. The Labute approximate surface area is 126 Å². The Bertz CT molecular complexity index is 650. The van der Waals surface area contributed by atoms with Gasteiger partial charge in [-0.3, -0.25) is 0 Å². The topological polar surface area (TPSA) is 21.3 Å². The minimum atomic E-state index is 0.638. The fraction of sp³-hybridized carbons (Fsp3) is 0.368. The van der Waals surface area contributed by atoms with Gasteiger partial charge in [0.25, 0.3) is 0 Å². The third kappa shape index (κ3) is 2.56. The maximum atomic E-state index is 5.58. The van der Waals surface area contributed by atoms with Gasteiger partial charge in [0.05, 0.1) is 6.61 Å². The number of benzene rings is 2. The number of fused-ring (bicyclic) bond motifs is 2. The van der Waals surface area contributed by atoms with Gasteiger partial charge in [0.1, 0.15) is 5.75 Å². The highest BCUT2D eigenvalue weighted by molar-refractivity contribution is 5.40. The summed E-state index contributed by atoms with van der Waals surface area (Å²) in [6, 6.07) is 15.6. The summed E-state index contributed by atoms with van der Waals surface area (Å²) in [7, 11) is 0. The van der Waals surface area contributed by atoms with Crippen molar-refractivity contribution in [1.82, 2.24) is 5.32 Å². The van der Waals surface area contributed by atoms with Crippen molar-refractivity contribution in [1.29, 1.82) is 0 Å². The first-order valence-electron chi connectivity index (χ1n) is 7.93. The van der Waals surface area contributed by atoms with E-state index < -0.39 is 0 Å². The van der Waals surface area contributed by atoms with Crippen LogP contribution in [0.5, 0.6) is 5.75 Å². The van der Waals surface area contributed by atoms with Crippen molar-refractivity contribution in [2.24, 2.45) is 0 Å². The molecule has 2 aliphatic heterocycles. The minimum Gasteiger partial charge on any atom is -0.493 e. The lowest BCUT2D eigenvalue weighted by Gasteiger charge is -2.26. The Morgan fingerprint density at radius 1 is 1.10 bits per heavy atom. The van der Waals surface area contributed by atoms with Crippen LogP contribution in [0.25, 0.3) is 0 Å². The third-order valence-electron chi connectivity index (χ3n) is 4.74. The monoisotopic (exact) mass is 279 g/mol. The second-order valence-electron chi connectivity index (χ2n) is 6.11. The summed E-state index contributed by atoms with van der Waals surface area (Å²) in [4.78, 5) is 0. The highest BCUT2D eigenvalue weighted by Crippen LogP contribution is 2.30. The highest BCUT2D eigenvalue weighted by atomic mass is 16.5. The number of rotatable bonds is 3. The molecule has 2 aromatic rings. The molecule has 2 heteroatoms. The van der Waals surface area contributed by atoms with Crippen LogP contribution < -0.4 is 10.1 Å². The Hall–Kier alpha value is -1.80. The molecule has 0 bridgehead atoms. The molecule has 0 spiro atoms. The fourth-order valence-electron chi connectivity index (χ4n) is 3.58. The van der Waals surface area contributed by atoms with Gasteiger partial charge in [-0.15, -0.1) is 0 Å². The zero-order valence-corrected chi connectivity index (χ0v) is 12.3. The first-order valence-corrected chi connectivity index (χ1v) is 7.93. The van der Waals surface area contributed by atoms with Crippen molar-refractivity contribution >= 4 is 0 Å². The van der Waals surface area contributed by atoms with E-state index in [0.29, 0.717) is 5.92 Å². The molecule has 0 aliphatic carbocycles. The van der Waals surface area contributed by atoms with Gasteiger partial charge >= 0.3 is 0 Å². The number of hydrogen-bond donors (Lipinski definition) is 1. The third-order valence-corrected chi connectivity index (χ3v) is 4.74. The molecule has 4 rings (SSSR count). The first-order chi connectivity index (χ1) is 10.4. The zero-order valence-electron chi connectivity index (χ0n) is 12.3. The highest BCUT2D eigenvalue weighted by Gasteiger charge is 2.19. The van der Waals surface area contributed by atoms with E-state index >= 15 is 0 Å². The molecule has 1 unspecified atom stereocenters. The standard InChI is InChI=1S/C19H21NO/c1-2-4-18-16(3-1)12-20-13-17(18)7-5-14-6-8-19-15(11-14)9-10-21-19/h1-4,6,8,11,17,20H,5,7,9-10,12-13H2. The van der Waals surface area contributed by atoms with Gasteiger partial charge in [0.2, 0.25) is 0 Å². The molecule has 0 amide bonds. The summed E-state index contributed by atoms with van der Waals surface area (Å²) in [5.74, 6) is 1.72. The molecule has 1 N–H and O–H groups in total. The van der Waals surface area contributed by atoms with Crippen LogP contribution in [0.4, 0.5) is 0 Å². The van der Waals surface area contributed by atoms with Gasteiger partial charge in [-0.1, -0.05) is 36.4 Å². The van der Waals surface area contributed by atoms with Gasteiger partial charge in [-0.05, 0) is 47.1 Å². The SMILES string of the molecule is c1ccc2c(c1)CNCC2CCc1ccc2c(c1)CCO2. The molecular weight excluding hydrogens is 258 g/mol. The van der Waals surface area contributed by atoms with Gasteiger partial charge in [0.15, 0.2) is 0 Å². The number of hydrogen-bond acceptors (Lipinski definition) is 2. The van der Waals surface area contributed by atoms with Crippen LogP contribution in [0.1, 0.15) is 34.6 Å². The molecule has 2 heterocycles. The summed E-state index contributed by atoms with van der Waals surface area (Å²) in [6.07, 6.45) is 3.43. The molecule has 0 saturated heterocycles. The number of aryl methyl sites for hydroxylation is 1. The lowest BCUT2D eigenvalue weighted by Crippen LogP contribution is -2.28. The van der Waals surface area contributed by atoms with E-state index in [1.54, 1.807) is 5.56 Å². The van der Waals surface area contributed by atoms with Crippen molar-refractivity contribution in [3.63, 3.8) is 0 Å². The van der Waals surface area contributed by atoms with Crippen molar-refractivity contribution in [2.45, 2.75) is 31.7 Å². The normalized spacial score (nSPS) is 19.7. The Kier molecular flexibility index (Phi) is 3.40. The van der Waals surface area contributed by atoms with E-state index in [1.807, 2.05) is 0 Å². The van der Waals surface area contributed by atoms with Crippen molar-refractivity contribution in [3.05, 3.63) is 64.7 Å². The summed E-state index contributed by atoms with van der Waals surface area (Å²) in [5, 5.41) is 3.55. The molecule has 1 atom stereocenters. The lowest BCUT2D eigenvalue weighted by molar-refractivity contribution is 0.357. The van der Waals surface area contributed by atoms with E-state index in [1.165, 1.54) is 23.1 Å². The van der Waals surface area contributed by atoms with Gasteiger partial charge in [0, 0.05) is 19.5 Å². The summed E-state index contributed by atoms with van der Waals surface area (Å²) in [6.45, 7) is 2.96. The lowest BCUT2D eigenvalue weighted by atomic mass is 9.86. The van der Waals surface area contributed by atoms with Crippen LogP contribution in [-0.4, -0.2) is 13.2 Å². The minimum absolute atomic E-state index is 0.638. The largest absolute Gasteiger partial charge is 0.493 e. The van der Waals surface area contributed by atoms with E-state index in [2.05, 4.69) is 47.8 Å². The van der Waals surface area contributed by atoms with Crippen LogP contribution >= 0.6 is 0 Å². The second-order valence-corrected chi connectivity index (χ2v) is 6.11. The van der Waals surface area contributed by atoms with Crippen LogP contribution in [0.2, 0.25) is 0 Å². The van der Waals surface area contributed by atoms with Gasteiger partial charge in [-0.25, -0.2) is 0 Å². The summed E-state index contributed by atoms with van der Waals surface area (Å²) >= 11 is 0. The smallest absolute Gasteiger partial charge is 0.122 e. The zero-order chi connectivity index (χ0) is 14.1. The van der Waals surface area contributed by atoms with E-state index in [4.69, 9.17) is 4.74 Å². The molecule has 0 saturated carbocycles. The Balaban J connectivity index is 1.48. The van der Waals surface area contributed by atoms with Crippen molar-refractivity contribution < 1.29 is 4.74 Å². The van der Waals surface area contributed by atoms with E-state index in [0.717, 1.165) is 38.3 Å². The predicted molar refractivity (Wildman–Crippen MR) is 84.9 cm³/mol. The van der Waals surface area contributed by atoms with Gasteiger partial charge < -0.3 is 10.1 Å². The van der Waals surface area contributed by atoms with Crippen LogP contribution in [0.3, 0.4) is 0 Å². The quantitative estimate of drug-likeness (QED) is 0.929. The Morgan fingerprint density at radius 3 is 3.05 bits per heavy atom. The predicted octanol–water partition coefficient (Wildman–Crippen LogP) is 3.44. The molecule has 2 aliphatic rings. The summed E-state index contributed by atoms with van der Waals surface area (Å²) < 4.78 is 5.58. The molecule has 0 radical (unpaired) electrons.